The summed E-state index contributed by atoms with van der Waals surface area (Å²) in [4.78, 5) is 24.8. The van der Waals surface area contributed by atoms with Gasteiger partial charge in [0.15, 0.2) is 23.9 Å². The molecule has 10 heteroatoms. The van der Waals surface area contributed by atoms with E-state index in [-0.39, 0.29) is 18.8 Å². The second-order valence-electron chi connectivity index (χ2n) is 6.22. The van der Waals surface area contributed by atoms with Crippen LogP contribution >= 0.6 is 11.3 Å². The first kappa shape index (κ1) is 16.8. The number of ether oxygens (including phenoxy) is 3. The molecule has 0 radical (unpaired) electrons. The van der Waals surface area contributed by atoms with Gasteiger partial charge in [0.1, 0.15) is 11.3 Å². The van der Waals surface area contributed by atoms with E-state index < -0.39 is 12.1 Å². The van der Waals surface area contributed by atoms with Gasteiger partial charge in [-0.15, -0.1) is 21.5 Å². The smallest absolute Gasteiger partial charge is 0.351 e. The van der Waals surface area contributed by atoms with Gasteiger partial charge in [0, 0.05) is 7.05 Å². The molecule has 142 valence electrons. The molecular formula is C18H14N4O5S. The van der Waals surface area contributed by atoms with Crippen LogP contribution in [0.3, 0.4) is 0 Å². The Hall–Kier alpha value is -3.40. The van der Waals surface area contributed by atoms with E-state index in [1.54, 1.807) is 29.6 Å². The van der Waals surface area contributed by atoms with Crippen molar-refractivity contribution in [2.75, 3.05) is 6.61 Å². The van der Waals surface area contributed by atoms with Gasteiger partial charge in [-0.1, -0.05) is 12.1 Å². The Bertz CT molecular complexity index is 1270. The second-order valence-corrected chi connectivity index (χ2v) is 7.14. The van der Waals surface area contributed by atoms with Crippen molar-refractivity contribution in [3.63, 3.8) is 0 Å². The van der Waals surface area contributed by atoms with Gasteiger partial charge in [0.2, 0.25) is 11.9 Å². The summed E-state index contributed by atoms with van der Waals surface area (Å²) >= 11 is 1.34. The van der Waals surface area contributed by atoms with E-state index in [2.05, 4.69) is 10.2 Å². The molecule has 28 heavy (non-hydrogen) atoms. The zero-order valence-electron chi connectivity index (χ0n) is 14.7. The Morgan fingerprint density at radius 1 is 1.29 bits per heavy atom. The van der Waals surface area contributed by atoms with Gasteiger partial charge in [0.05, 0.1) is 5.52 Å². The minimum absolute atomic E-state index is 0.0692. The minimum Gasteiger partial charge on any atom is -0.485 e. The monoisotopic (exact) mass is 398 g/mol. The molecule has 1 atom stereocenters. The van der Waals surface area contributed by atoms with Crippen molar-refractivity contribution in [1.29, 1.82) is 0 Å². The Balaban J connectivity index is 1.40. The van der Waals surface area contributed by atoms with Gasteiger partial charge in [-0.2, -0.15) is 0 Å². The van der Waals surface area contributed by atoms with Crippen LogP contribution in [0.25, 0.3) is 16.0 Å². The van der Waals surface area contributed by atoms with E-state index in [1.807, 2.05) is 17.5 Å². The van der Waals surface area contributed by atoms with Crippen LogP contribution in [0, 0.1) is 0 Å². The summed E-state index contributed by atoms with van der Waals surface area (Å²) < 4.78 is 20.3. The van der Waals surface area contributed by atoms with Crippen LogP contribution in [0.1, 0.15) is 5.82 Å². The van der Waals surface area contributed by atoms with Gasteiger partial charge in [-0.3, -0.25) is 13.8 Å². The number of hydrogen-bond donors (Lipinski definition) is 0. The van der Waals surface area contributed by atoms with Crippen molar-refractivity contribution in [3.8, 4) is 11.5 Å². The molecule has 0 N–H and O–H groups in total. The summed E-state index contributed by atoms with van der Waals surface area (Å²) in [6.07, 6.45) is -0.861. The van der Waals surface area contributed by atoms with Crippen LogP contribution < -0.4 is 15.0 Å². The van der Waals surface area contributed by atoms with Gasteiger partial charge < -0.3 is 14.2 Å². The normalized spacial score (nSPS) is 15.8. The summed E-state index contributed by atoms with van der Waals surface area (Å²) in [5.74, 6) is 1.33. The lowest BCUT2D eigenvalue weighted by molar-refractivity contribution is -0.156. The molecule has 0 fully saturated rings. The maximum atomic E-state index is 12.4. The van der Waals surface area contributed by atoms with Crippen LogP contribution in [0.5, 0.6) is 11.5 Å². The number of rotatable bonds is 3. The Morgan fingerprint density at radius 2 is 2.11 bits per heavy atom. The maximum Gasteiger partial charge on any atom is 0.351 e. The van der Waals surface area contributed by atoms with Gasteiger partial charge in [-0.05, 0) is 23.6 Å². The van der Waals surface area contributed by atoms with E-state index in [0.717, 1.165) is 0 Å². The SMILES string of the molecule is Cn1c(=O)c2sccc2n2c(COC(=O)C3COc4ccccc4O3)nnc12. The van der Waals surface area contributed by atoms with Crippen LogP contribution in [0.4, 0.5) is 0 Å². The molecule has 0 amide bonds. The molecule has 0 aliphatic carbocycles. The predicted molar refractivity (Wildman–Crippen MR) is 99.8 cm³/mol. The fourth-order valence-electron chi connectivity index (χ4n) is 3.11. The quantitative estimate of drug-likeness (QED) is 0.483. The number of carbonyl (C=O) groups is 1. The molecule has 4 aromatic rings. The summed E-state index contributed by atoms with van der Waals surface area (Å²) in [5.41, 5.74) is 0.546. The van der Waals surface area contributed by atoms with Crippen LogP contribution in [-0.2, 0) is 23.2 Å². The highest BCUT2D eigenvalue weighted by Crippen LogP contribution is 2.31. The number of aryl methyl sites for hydroxylation is 1. The number of esters is 1. The van der Waals surface area contributed by atoms with E-state index in [9.17, 15) is 9.59 Å². The van der Waals surface area contributed by atoms with Crippen molar-refractivity contribution in [2.45, 2.75) is 12.7 Å². The number of carbonyl (C=O) groups excluding carboxylic acids is 1. The van der Waals surface area contributed by atoms with E-state index in [4.69, 9.17) is 14.2 Å². The Kier molecular flexibility index (Phi) is 3.79. The lowest BCUT2D eigenvalue weighted by atomic mass is 10.2. The van der Waals surface area contributed by atoms with E-state index >= 15 is 0 Å². The summed E-state index contributed by atoms with van der Waals surface area (Å²) in [6.45, 7) is -0.0373. The minimum atomic E-state index is -0.861. The molecule has 1 aliphatic rings. The highest BCUT2D eigenvalue weighted by Gasteiger charge is 2.29. The third kappa shape index (κ3) is 2.53. The van der Waals surface area contributed by atoms with Crippen molar-refractivity contribution < 1.29 is 19.0 Å². The van der Waals surface area contributed by atoms with Crippen LogP contribution in [0.15, 0.2) is 40.5 Å². The van der Waals surface area contributed by atoms with Crippen LogP contribution in [-0.4, -0.2) is 37.8 Å². The maximum absolute atomic E-state index is 12.4. The van der Waals surface area contributed by atoms with E-state index in [0.29, 0.717) is 33.3 Å². The lowest BCUT2D eigenvalue weighted by Gasteiger charge is -2.24. The largest absolute Gasteiger partial charge is 0.485 e. The predicted octanol–water partition coefficient (Wildman–Crippen LogP) is 1.53. The van der Waals surface area contributed by atoms with Crippen LogP contribution in [0.2, 0.25) is 0 Å². The molecule has 0 saturated heterocycles. The number of para-hydroxylation sites is 2. The van der Waals surface area contributed by atoms with Gasteiger partial charge in [-0.25, -0.2) is 4.79 Å². The molecule has 3 aromatic heterocycles. The standard InChI is InChI=1S/C18H14N4O5S/c1-21-16(23)15-10(6-7-28-15)22-14(19-20-18(21)22)9-26-17(24)13-8-25-11-4-2-3-5-12(11)27-13/h2-7,13H,8-9H2,1H3. The summed E-state index contributed by atoms with van der Waals surface area (Å²) in [5, 5.41) is 9.98. The van der Waals surface area contributed by atoms with Gasteiger partial charge in [0.25, 0.3) is 5.56 Å². The Morgan fingerprint density at radius 3 is 2.96 bits per heavy atom. The number of hydrogen-bond acceptors (Lipinski definition) is 8. The first-order valence-corrected chi connectivity index (χ1v) is 9.37. The highest BCUT2D eigenvalue weighted by atomic mass is 32.1. The number of nitrogens with zero attached hydrogens (tertiary/aromatic N) is 4. The molecule has 1 unspecified atom stereocenters. The van der Waals surface area contributed by atoms with Crippen molar-refractivity contribution in [1.82, 2.24) is 19.2 Å². The zero-order chi connectivity index (χ0) is 19.3. The fourth-order valence-corrected chi connectivity index (χ4v) is 3.96. The zero-order valence-corrected chi connectivity index (χ0v) is 15.5. The third-order valence-corrected chi connectivity index (χ3v) is 5.40. The number of aromatic nitrogens is 4. The fraction of sp³-hybridized carbons (Fsp3) is 0.222. The first-order chi connectivity index (χ1) is 13.6. The van der Waals surface area contributed by atoms with Gasteiger partial charge >= 0.3 is 5.97 Å². The second kappa shape index (κ2) is 6.34. The Labute approximate surface area is 161 Å². The van der Waals surface area contributed by atoms with Crippen molar-refractivity contribution >= 4 is 33.3 Å². The molecule has 9 nitrogen and oxygen atoms in total. The van der Waals surface area contributed by atoms with Crippen molar-refractivity contribution in [3.05, 3.63) is 51.9 Å². The topological polar surface area (TPSA) is 97.0 Å². The highest BCUT2D eigenvalue weighted by molar-refractivity contribution is 7.17. The average molecular weight is 398 g/mol. The molecule has 4 heterocycles. The molecule has 5 rings (SSSR count). The summed E-state index contributed by atoms with van der Waals surface area (Å²) in [7, 11) is 1.63. The first-order valence-electron chi connectivity index (χ1n) is 8.49. The molecular weight excluding hydrogens is 384 g/mol. The molecule has 0 saturated carbocycles. The average Bonchev–Trinajstić information content (AvgIpc) is 3.36. The molecule has 0 spiro atoms. The number of fused-ring (bicyclic) bond motifs is 4. The third-order valence-electron chi connectivity index (χ3n) is 4.51. The van der Waals surface area contributed by atoms with Crippen molar-refractivity contribution in [2.24, 2.45) is 7.05 Å². The molecule has 0 bridgehead atoms. The lowest BCUT2D eigenvalue weighted by Crippen LogP contribution is -2.37. The van der Waals surface area contributed by atoms with E-state index in [1.165, 1.54) is 15.9 Å². The number of benzene rings is 1. The molecule has 1 aliphatic heterocycles. The molecule has 1 aromatic carbocycles. The number of thiophene rings is 1. The summed E-state index contributed by atoms with van der Waals surface area (Å²) in [6, 6.07) is 8.95.